The first-order valence-corrected chi connectivity index (χ1v) is 7.57. The van der Waals surface area contributed by atoms with Gasteiger partial charge in [-0.3, -0.25) is 4.90 Å². The van der Waals surface area contributed by atoms with Crippen LogP contribution in [0.3, 0.4) is 0 Å². The zero-order valence-corrected chi connectivity index (χ0v) is 12.4. The van der Waals surface area contributed by atoms with Crippen LogP contribution < -0.4 is 10.6 Å². The Morgan fingerprint density at radius 2 is 2.15 bits per heavy atom. The van der Waals surface area contributed by atoms with Gasteiger partial charge in [-0.1, -0.05) is 11.6 Å². The molecule has 0 bridgehead atoms. The Morgan fingerprint density at radius 3 is 2.90 bits per heavy atom. The number of hydrogen-bond acceptors (Lipinski definition) is 5. The molecule has 0 amide bonds. The van der Waals surface area contributed by atoms with Gasteiger partial charge in [0.15, 0.2) is 0 Å². The van der Waals surface area contributed by atoms with E-state index < -0.39 is 0 Å². The molecule has 110 valence electrons. The smallest absolute Gasteiger partial charge is 0.128 e. The first-order chi connectivity index (χ1) is 9.78. The summed E-state index contributed by atoms with van der Waals surface area (Å²) in [6, 6.07) is 2.63. The summed E-state index contributed by atoms with van der Waals surface area (Å²) < 4.78 is 5.42. The number of anilines is 1. The van der Waals surface area contributed by atoms with Crippen molar-refractivity contribution in [3.63, 3.8) is 0 Å². The molecular formula is C14H21ClN4O. The highest BCUT2D eigenvalue weighted by Crippen LogP contribution is 2.25. The van der Waals surface area contributed by atoms with E-state index in [1.54, 1.807) is 6.20 Å². The van der Waals surface area contributed by atoms with Gasteiger partial charge in [-0.05, 0) is 18.1 Å². The van der Waals surface area contributed by atoms with Crippen LogP contribution in [0.5, 0.6) is 0 Å². The van der Waals surface area contributed by atoms with Gasteiger partial charge in [0, 0.05) is 45.0 Å². The molecular weight excluding hydrogens is 276 g/mol. The maximum atomic E-state index is 6.07. The van der Waals surface area contributed by atoms with E-state index in [0.29, 0.717) is 17.6 Å². The number of aromatic nitrogens is 1. The van der Waals surface area contributed by atoms with Crippen molar-refractivity contribution in [2.45, 2.75) is 19.0 Å². The van der Waals surface area contributed by atoms with Crippen LogP contribution in [0.2, 0.25) is 5.02 Å². The van der Waals surface area contributed by atoms with Gasteiger partial charge < -0.3 is 15.4 Å². The molecule has 0 aromatic carbocycles. The third-order valence-corrected chi connectivity index (χ3v) is 4.53. The van der Waals surface area contributed by atoms with Gasteiger partial charge in [-0.25, -0.2) is 4.98 Å². The van der Waals surface area contributed by atoms with Gasteiger partial charge in [0.05, 0.1) is 18.2 Å². The molecule has 1 aromatic rings. The van der Waals surface area contributed by atoms with Crippen molar-refractivity contribution in [2.24, 2.45) is 5.73 Å². The molecule has 6 heteroatoms. The summed E-state index contributed by atoms with van der Waals surface area (Å²) >= 11 is 6.07. The molecule has 20 heavy (non-hydrogen) atoms. The SMILES string of the molecule is NCc1cc(N2CCC(N3CCOCC3)C2)ncc1Cl. The highest BCUT2D eigenvalue weighted by molar-refractivity contribution is 6.31. The number of rotatable bonds is 3. The minimum atomic E-state index is 0.453. The van der Waals surface area contributed by atoms with Gasteiger partial charge in [-0.2, -0.15) is 0 Å². The highest BCUT2D eigenvalue weighted by Gasteiger charge is 2.29. The molecule has 2 saturated heterocycles. The quantitative estimate of drug-likeness (QED) is 0.905. The number of morpholine rings is 1. The van der Waals surface area contributed by atoms with E-state index >= 15 is 0 Å². The van der Waals surface area contributed by atoms with Crippen LogP contribution in [0.1, 0.15) is 12.0 Å². The number of ether oxygens (including phenoxy) is 1. The van der Waals surface area contributed by atoms with Crippen molar-refractivity contribution in [3.8, 4) is 0 Å². The molecule has 0 aliphatic carbocycles. The van der Waals surface area contributed by atoms with Crippen LogP contribution in [0.25, 0.3) is 0 Å². The lowest BCUT2D eigenvalue weighted by Crippen LogP contribution is -2.44. The highest BCUT2D eigenvalue weighted by atomic mass is 35.5. The van der Waals surface area contributed by atoms with E-state index in [9.17, 15) is 0 Å². The van der Waals surface area contributed by atoms with E-state index in [1.165, 1.54) is 6.42 Å². The standard InChI is InChI=1S/C14H21ClN4O/c15-13-9-17-14(7-11(13)8-16)19-2-1-12(10-19)18-3-5-20-6-4-18/h7,9,12H,1-6,8,10,16H2. The number of nitrogens with two attached hydrogens (primary N) is 1. The van der Waals surface area contributed by atoms with E-state index in [-0.39, 0.29) is 0 Å². The average molecular weight is 297 g/mol. The Morgan fingerprint density at radius 1 is 1.35 bits per heavy atom. The van der Waals surface area contributed by atoms with Crippen LogP contribution in [0.15, 0.2) is 12.3 Å². The maximum absolute atomic E-state index is 6.07. The van der Waals surface area contributed by atoms with E-state index in [0.717, 1.165) is 50.8 Å². The van der Waals surface area contributed by atoms with Crippen molar-refractivity contribution >= 4 is 17.4 Å². The second-order valence-electron chi connectivity index (χ2n) is 5.37. The molecule has 1 atom stereocenters. The number of pyridine rings is 1. The first-order valence-electron chi connectivity index (χ1n) is 7.19. The largest absolute Gasteiger partial charge is 0.379 e. The summed E-state index contributed by atoms with van der Waals surface area (Å²) in [4.78, 5) is 9.30. The molecule has 3 heterocycles. The van der Waals surface area contributed by atoms with Gasteiger partial charge in [0.2, 0.25) is 0 Å². The Labute approximate surface area is 124 Å². The second kappa shape index (κ2) is 6.26. The molecule has 2 aliphatic heterocycles. The molecule has 2 N–H and O–H groups in total. The minimum absolute atomic E-state index is 0.453. The van der Waals surface area contributed by atoms with E-state index in [4.69, 9.17) is 22.1 Å². The van der Waals surface area contributed by atoms with Crippen LogP contribution >= 0.6 is 11.6 Å². The zero-order valence-electron chi connectivity index (χ0n) is 11.6. The summed E-state index contributed by atoms with van der Waals surface area (Å²) in [7, 11) is 0. The predicted molar refractivity (Wildman–Crippen MR) is 80.1 cm³/mol. The average Bonchev–Trinajstić information content (AvgIpc) is 2.98. The topological polar surface area (TPSA) is 54.6 Å². The molecule has 0 saturated carbocycles. The maximum Gasteiger partial charge on any atom is 0.128 e. The Kier molecular flexibility index (Phi) is 4.41. The lowest BCUT2D eigenvalue weighted by molar-refractivity contribution is 0.0209. The van der Waals surface area contributed by atoms with Crippen LogP contribution in [-0.4, -0.2) is 55.3 Å². The molecule has 3 rings (SSSR count). The monoisotopic (exact) mass is 296 g/mol. The van der Waals surface area contributed by atoms with Crippen LogP contribution in [0.4, 0.5) is 5.82 Å². The van der Waals surface area contributed by atoms with Crippen molar-refractivity contribution in [3.05, 3.63) is 22.8 Å². The van der Waals surface area contributed by atoms with Crippen molar-refractivity contribution in [2.75, 3.05) is 44.3 Å². The summed E-state index contributed by atoms with van der Waals surface area (Å²) in [6.07, 6.45) is 2.89. The van der Waals surface area contributed by atoms with Crippen molar-refractivity contribution in [1.82, 2.24) is 9.88 Å². The molecule has 0 radical (unpaired) electrons. The van der Waals surface area contributed by atoms with E-state index in [1.807, 2.05) is 6.07 Å². The van der Waals surface area contributed by atoms with Gasteiger partial charge in [0.25, 0.3) is 0 Å². The number of hydrogen-bond donors (Lipinski definition) is 1. The Hall–Kier alpha value is -0.880. The molecule has 1 aromatic heterocycles. The van der Waals surface area contributed by atoms with Gasteiger partial charge in [0.1, 0.15) is 5.82 Å². The second-order valence-corrected chi connectivity index (χ2v) is 5.78. The lowest BCUT2D eigenvalue weighted by atomic mass is 10.2. The predicted octanol–water partition coefficient (Wildman–Crippen LogP) is 1.10. The summed E-state index contributed by atoms with van der Waals surface area (Å²) in [6.45, 7) is 6.32. The van der Waals surface area contributed by atoms with Crippen molar-refractivity contribution < 1.29 is 4.74 Å². The van der Waals surface area contributed by atoms with Crippen LogP contribution in [-0.2, 0) is 11.3 Å². The molecule has 1 unspecified atom stereocenters. The minimum Gasteiger partial charge on any atom is -0.379 e. The third-order valence-electron chi connectivity index (χ3n) is 4.19. The fourth-order valence-electron chi connectivity index (χ4n) is 2.99. The zero-order chi connectivity index (χ0) is 13.9. The molecule has 5 nitrogen and oxygen atoms in total. The van der Waals surface area contributed by atoms with Gasteiger partial charge >= 0.3 is 0 Å². The summed E-state index contributed by atoms with van der Waals surface area (Å²) in [5, 5.41) is 0.653. The Bertz CT molecular complexity index is 464. The fraction of sp³-hybridized carbons (Fsp3) is 0.643. The molecule has 0 spiro atoms. The van der Waals surface area contributed by atoms with Gasteiger partial charge in [-0.15, -0.1) is 0 Å². The van der Waals surface area contributed by atoms with E-state index in [2.05, 4.69) is 14.8 Å². The number of halogens is 1. The summed E-state index contributed by atoms with van der Waals surface area (Å²) in [5.74, 6) is 0.991. The Balaban J connectivity index is 1.67. The third kappa shape index (κ3) is 2.91. The fourth-order valence-corrected chi connectivity index (χ4v) is 3.17. The lowest BCUT2D eigenvalue weighted by Gasteiger charge is -2.32. The number of nitrogens with zero attached hydrogens (tertiary/aromatic N) is 3. The van der Waals surface area contributed by atoms with Crippen molar-refractivity contribution in [1.29, 1.82) is 0 Å². The normalized spacial score (nSPS) is 24.3. The molecule has 2 aliphatic rings. The first kappa shape index (κ1) is 14.1. The molecule has 2 fully saturated rings. The van der Waals surface area contributed by atoms with Crippen LogP contribution in [0, 0.1) is 0 Å². The summed E-state index contributed by atoms with van der Waals surface area (Å²) in [5.41, 5.74) is 6.67.